The maximum absolute atomic E-state index is 13.1. The van der Waals surface area contributed by atoms with Crippen molar-refractivity contribution in [1.29, 1.82) is 0 Å². The topological polar surface area (TPSA) is 51.3 Å². The third kappa shape index (κ3) is 2.45. The smallest absolute Gasteiger partial charge is 0.263 e. The van der Waals surface area contributed by atoms with Crippen molar-refractivity contribution in [2.45, 2.75) is 45.7 Å². The zero-order chi connectivity index (χ0) is 16.7. The average Bonchev–Trinajstić information content (AvgIpc) is 3.21. The summed E-state index contributed by atoms with van der Waals surface area (Å²) in [4.78, 5) is 22.2. The average molecular weight is 343 g/mol. The molecule has 6 heteroatoms. The molecular formula is C18H21N3O2S. The summed E-state index contributed by atoms with van der Waals surface area (Å²) < 4.78 is 7.21. The second-order valence-corrected chi connectivity index (χ2v) is 7.37. The number of anilines is 1. The van der Waals surface area contributed by atoms with Gasteiger partial charge in [-0.2, -0.15) is 0 Å². The summed E-state index contributed by atoms with van der Waals surface area (Å²) in [6.07, 6.45) is 6.15. The van der Waals surface area contributed by atoms with Crippen molar-refractivity contribution in [2.75, 3.05) is 11.9 Å². The van der Waals surface area contributed by atoms with Crippen LogP contribution in [0.5, 0.6) is 0 Å². The van der Waals surface area contributed by atoms with E-state index in [1.54, 1.807) is 22.2 Å². The number of fused-ring (bicyclic) bond motifs is 3. The Balaban J connectivity index is 1.85. The van der Waals surface area contributed by atoms with Crippen LogP contribution in [0, 0.1) is 0 Å². The van der Waals surface area contributed by atoms with Gasteiger partial charge in [-0.3, -0.25) is 9.36 Å². The number of furan rings is 1. The SMILES string of the molecule is CCn1c(N(C)Cc2ccco2)nc2sc3c(c2c1=O)CCCC3. The third-order valence-electron chi connectivity index (χ3n) is 4.69. The fourth-order valence-corrected chi connectivity index (χ4v) is 4.76. The number of aryl methyl sites for hydroxylation is 2. The molecule has 126 valence electrons. The maximum atomic E-state index is 13.1. The highest BCUT2D eigenvalue weighted by Crippen LogP contribution is 2.34. The van der Waals surface area contributed by atoms with Crippen molar-refractivity contribution in [1.82, 2.24) is 9.55 Å². The molecule has 0 saturated heterocycles. The standard InChI is InChI=1S/C18H21N3O2S/c1-3-21-17(22)15-13-8-4-5-9-14(13)24-16(15)19-18(21)20(2)11-12-7-6-10-23-12/h6-7,10H,3-5,8-9,11H2,1-2H3. The minimum atomic E-state index is 0.100. The van der Waals surface area contributed by atoms with Crippen LogP contribution in [0.1, 0.15) is 36.0 Å². The second-order valence-electron chi connectivity index (χ2n) is 6.29. The van der Waals surface area contributed by atoms with Gasteiger partial charge in [-0.1, -0.05) is 0 Å². The Bertz CT molecular complexity index is 924. The molecule has 0 bridgehead atoms. The molecule has 0 aliphatic heterocycles. The lowest BCUT2D eigenvalue weighted by Gasteiger charge is -2.21. The molecule has 1 aliphatic rings. The first-order valence-electron chi connectivity index (χ1n) is 8.47. The molecule has 4 rings (SSSR count). The van der Waals surface area contributed by atoms with Crippen LogP contribution in [0.4, 0.5) is 5.95 Å². The summed E-state index contributed by atoms with van der Waals surface area (Å²) in [6, 6.07) is 3.81. The van der Waals surface area contributed by atoms with E-state index in [4.69, 9.17) is 9.40 Å². The molecule has 0 aromatic carbocycles. The molecule has 3 heterocycles. The van der Waals surface area contributed by atoms with E-state index in [1.165, 1.54) is 23.3 Å². The molecule has 0 amide bonds. The van der Waals surface area contributed by atoms with E-state index in [9.17, 15) is 4.79 Å². The monoisotopic (exact) mass is 343 g/mol. The Morgan fingerprint density at radius 2 is 2.21 bits per heavy atom. The molecular weight excluding hydrogens is 322 g/mol. The summed E-state index contributed by atoms with van der Waals surface area (Å²) in [6.45, 7) is 3.21. The van der Waals surface area contributed by atoms with Gasteiger partial charge in [-0.25, -0.2) is 4.98 Å². The van der Waals surface area contributed by atoms with Crippen molar-refractivity contribution in [2.24, 2.45) is 0 Å². The summed E-state index contributed by atoms with van der Waals surface area (Å²) in [5.74, 6) is 1.57. The molecule has 3 aromatic heterocycles. The summed E-state index contributed by atoms with van der Waals surface area (Å²) in [7, 11) is 1.95. The van der Waals surface area contributed by atoms with Crippen LogP contribution in [-0.4, -0.2) is 16.6 Å². The van der Waals surface area contributed by atoms with Gasteiger partial charge in [0.1, 0.15) is 10.6 Å². The second kappa shape index (κ2) is 6.09. The predicted octanol–water partition coefficient (Wildman–Crippen LogP) is 3.59. The van der Waals surface area contributed by atoms with Crippen molar-refractivity contribution in [3.05, 3.63) is 45.0 Å². The molecule has 24 heavy (non-hydrogen) atoms. The highest BCUT2D eigenvalue weighted by molar-refractivity contribution is 7.18. The number of thiophene rings is 1. The zero-order valence-electron chi connectivity index (χ0n) is 14.0. The van der Waals surface area contributed by atoms with Crippen LogP contribution in [0.25, 0.3) is 10.2 Å². The number of rotatable bonds is 4. The number of nitrogens with zero attached hydrogens (tertiary/aromatic N) is 3. The van der Waals surface area contributed by atoms with Crippen molar-refractivity contribution in [3.63, 3.8) is 0 Å². The Morgan fingerprint density at radius 3 is 2.96 bits per heavy atom. The summed E-state index contributed by atoms with van der Waals surface area (Å²) >= 11 is 1.70. The molecule has 5 nitrogen and oxygen atoms in total. The van der Waals surface area contributed by atoms with Gasteiger partial charge in [0.05, 0.1) is 18.2 Å². The van der Waals surface area contributed by atoms with E-state index in [0.717, 1.165) is 28.8 Å². The zero-order valence-corrected chi connectivity index (χ0v) is 14.9. The molecule has 0 fully saturated rings. The molecule has 0 radical (unpaired) electrons. The Morgan fingerprint density at radius 1 is 1.38 bits per heavy atom. The quantitative estimate of drug-likeness (QED) is 0.726. The maximum Gasteiger partial charge on any atom is 0.263 e. The minimum Gasteiger partial charge on any atom is -0.467 e. The lowest BCUT2D eigenvalue weighted by molar-refractivity contribution is 0.503. The first-order chi connectivity index (χ1) is 11.7. The Hall–Kier alpha value is -2.08. The minimum absolute atomic E-state index is 0.100. The van der Waals surface area contributed by atoms with Crippen LogP contribution < -0.4 is 10.5 Å². The van der Waals surface area contributed by atoms with Gasteiger partial charge in [0.15, 0.2) is 0 Å². The summed E-state index contributed by atoms with van der Waals surface area (Å²) in [5.41, 5.74) is 1.35. The summed E-state index contributed by atoms with van der Waals surface area (Å²) in [5, 5.41) is 0.853. The van der Waals surface area contributed by atoms with Gasteiger partial charge < -0.3 is 9.32 Å². The van der Waals surface area contributed by atoms with Gasteiger partial charge in [0, 0.05) is 18.5 Å². The molecule has 3 aromatic rings. The van der Waals surface area contributed by atoms with Gasteiger partial charge in [-0.15, -0.1) is 11.3 Å². The van der Waals surface area contributed by atoms with Gasteiger partial charge >= 0.3 is 0 Å². The Kier molecular flexibility index (Phi) is 3.92. The van der Waals surface area contributed by atoms with Crippen LogP contribution >= 0.6 is 11.3 Å². The van der Waals surface area contributed by atoms with Crippen molar-refractivity contribution in [3.8, 4) is 0 Å². The molecule has 0 saturated carbocycles. The van der Waals surface area contributed by atoms with Crippen LogP contribution in [0.3, 0.4) is 0 Å². The first-order valence-corrected chi connectivity index (χ1v) is 9.29. The fourth-order valence-electron chi connectivity index (χ4n) is 3.51. The fraction of sp³-hybridized carbons (Fsp3) is 0.444. The molecule has 0 unspecified atom stereocenters. The van der Waals surface area contributed by atoms with Gasteiger partial charge in [-0.05, 0) is 50.3 Å². The van der Waals surface area contributed by atoms with E-state index < -0.39 is 0 Å². The molecule has 1 aliphatic carbocycles. The lowest BCUT2D eigenvalue weighted by Crippen LogP contribution is -2.30. The molecule has 0 spiro atoms. The highest BCUT2D eigenvalue weighted by atomic mass is 32.1. The van der Waals surface area contributed by atoms with E-state index >= 15 is 0 Å². The van der Waals surface area contributed by atoms with Crippen LogP contribution in [-0.2, 0) is 25.9 Å². The van der Waals surface area contributed by atoms with Crippen LogP contribution in [0.2, 0.25) is 0 Å². The Labute approximate surface area is 144 Å². The molecule has 0 atom stereocenters. The first kappa shape index (κ1) is 15.4. The van der Waals surface area contributed by atoms with E-state index in [0.29, 0.717) is 19.0 Å². The van der Waals surface area contributed by atoms with E-state index in [2.05, 4.69) is 0 Å². The lowest BCUT2D eigenvalue weighted by atomic mass is 9.97. The van der Waals surface area contributed by atoms with Gasteiger partial charge in [0.25, 0.3) is 5.56 Å². The van der Waals surface area contributed by atoms with E-state index in [-0.39, 0.29) is 5.56 Å². The van der Waals surface area contributed by atoms with Crippen LogP contribution in [0.15, 0.2) is 27.6 Å². The van der Waals surface area contributed by atoms with E-state index in [1.807, 2.05) is 31.0 Å². The largest absolute Gasteiger partial charge is 0.467 e. The number of hydrogen-bond acceptors (Lipinski definition) is 5. The normalized spacial score (nSPS) is 14.1. The van der Waals surface area contributed by atoms with Crippen molar-refractivity contribution < 1.29 is 4.42 Å². The third-order valence-corrected chi connectivity index (χ3v) is 5.87. The number of hydrogen-bond donors (Lipinski definition) is 0. The molecule has 0 N–H and O–H groups in total. The number of aromatic nitrogens is 2. The van der Waals surface area contributed by atoms with Gasteiger partial charge in [0.2, 0.25) is 5.95 Å². The highest BCUT2D eigenvalue weighted by Gasteiger charge is 2.22. The van der Waals surface area contributed by atoms with Crippen molar-refractivity contribution >= 4 is 27.5 Å². The predicted molar refractivity (Wildman–Crippen MR) is 97.0 cm³/mol.